The normalized spacial score (nSPS) is 10.0. The van der Waals surface area contributed by atoms with Crippen molar-refractivity contribution in [2.24, 2.45) is 0 Å². The highest BCUT2D eigenvalue weighted by atomic mass is 16.6. The molecule has 23 heavy (non-hydrogen) atoms. The number of aromatic nitrogens is 2. The molecule has 0 spiro atoms. The number of ether oxygens (including phenoxy) is 2. The van der Waals surface area contributed by atoms with Crippen LogP contribution >= 0.6 is 0 Å². The van der Waals surface area contributed by atoms with Crippen LogP contribution in [0.15, 0.2) is 30.6 Å². The molecule has 0 aliphatic carbocycles. The van der Waals surface area contributed by atoms with Crippen LogP contribution in [0.2, 0.25) is 0 Å². The van der Waals surface area contributed by atoms with Crippen LogP contribution in [0.25, 0.3) is 0 Å². The summed E-state index contributed by atoms with van der Waals surface area (Å²) in [5.74, 6) is -0.938. The SMILES string of the molecule is CC(=O)Oc1cccc(C(C)=O)c1Oc1ncc([N+](=O)[O-])cn1. The highest BCUT2D eigenvalue weighted by molar-refractivity contribution is 5.98. The molecular formula is C14H11N3O6. The van der Waals surface area contributed by atoms with E-state index >= 15 is 0 Å². The number of esters is 1. The zero-order chi connectivity index (χ0) is 17.0. The number of Topliss-reactive ketones (excluding diaryl/α,β-unsaturated/α-hetero) is 1. The molecule has 0 amide bonds. The van der Waals surface area contributed by atoms with Crippen LogP contribution in [0.3, 0.4) is 0 Å². The Labute approximate surface area is 130 Å². The number of para-hydroxylation sites is 1. The van der Waals surface area contributed by atoms with Crippen LogP contribution in [0.1, 0.15) is 24.2 Å². The highest BCUT2D eigenvalue weighted by Gasteiger charge is 2.18. The molecule has 1 aromatic heterocycles. The Kier molecular flexibility index (Phi) is 4.60. The van der Waals surface area contributed by atoms with Crippen LogP contribution in [-0.4, -0.2) is 26.6 Å². The minimum absolute atomic E-state index is 0.0205. The molecule has 9 heteroatoms. The zero-order valence-corrected chi connectivity index (χ0v) is 12.2. The number of rotatable bonds is 5. The molecule has 0 aliphatic rings. The van der Waals surface area contributed by atoms with Gasteiger partial charge in [0.1, 0.15) is 12.4 Å². The van der Waals surface area contributed by atoms with Crippen molar-refractivity contribution >= 4 is 17.4 Å². The minimum Gasteiger partial charge on any atom is -0.423 e. The largest absolute Gasteiger partial charge is 0.423 e. The van der Waals surface area contributed by atoms with Gasteiger partial charge in [-0.15, -0.1) is 0 Å². The first-order valence-corrected chi connectivity index (χ1v) is 6.35. The van der Waals surface area contributed by atoms with Gasteiger partial charge >= 0.3 is 17.7 Å². The van der Waals surface area contributed by atoms with Gasteiger partial charge in [0.2, 0.25) is 0 Å². The van der Waals surface area contributed by atoms with Crippen molar-refractivity contribution in [3.05, 3.63) is 46.3 Å². The van der Waals surface area contributed by atoms with E-state index in [1.807, 2.05) is 0 Å². The number of nitro groups is 1. The molecule has 0 radical (unpaired) electrons. The van der Waals surface area contributed by atoms with Crippen molar-refractivity contribution in [3.63, 3.8) is 0 Å². The number of benzene rings is 1. The van der Waals surface area contributed by atoms with Gasteiger partial charge in [-0.3, -0.25) is 19.7 Å². The Morgan fingerprint density at radius 1 is 1.17 bits per heavy atom. The van der Waals surface area contributed by atoms with E-state index in [4.69, 9.17) is 9.47 Å². The van der Waals surface area contributed by atoms with Gasteiger partial charge in [0.15, 0.2) is 17.3 Å². The summed E-state index contributed by atoms with van der Waals surface area (Å²) in [5, 5.41) is 10.6. The number of nitrogens with zero attached hydrogens (tertiary/aromatic N) is 3. The fourth-order valence-electron chi connectivity index (χ4n) is 1.68. The summed E-state index contributed by atoms with van der Waals surface area (Å²) >= 11 is 0. The molecule has 118 valence electrons. The summed E-state index contributed by atoms with van der Waals surface area (Å²) in [5.41, 5.74) is -0.150. The maximum absolute atomic E-state index is 11.7. The maximum atomic E-state index is 11.7. The Balaban J connectivity index is 2.41. The van der Waals surface area contributed by atoms with Crippen LogP contribution in [0, 0.1) is 10.1 Å². The van der Waals surface area contributed by atoms with Gasteiger partial charge in [-0.05, 0) is 19.1 Å². The molecule has 1 aromatic carbocycles. The molecule has 0 fully saturated rings. The van der Waals surface area contributed by atoms with E-state index in [9.17, 15) is 19.7 Å². The van der Waals surface area contributed by atoms with Crippen molar-refractivity contribution in [2.75, 3.05) is 0 Å². The second-order valence-electron chi connectivity index (χ2n) is 4.37. The molecule has 2 aromatic rings. The van der Waals surface area contributed by atoms with E-state index in [2.05, 4.69) is 9.97 Å². The average Bonchev–Trinajstić information content (AvgIpc) is 2.48. The lowest BCUT2D eigenvalue weighted by Gasteiger charge is -2.12. The second-order valence-corrected chi connectivity index (χ2v) is 4.37. The fourth-order valence-corrected chi connectivity index (χ4v) is 1.68. The van der Waals surface area contributed by atoms with E-state index < -0.39 is 10.9 Å². The predicted molar refractivity (Wildman–Crippen MR) is 76.5 cm³/mol. The summed E-state index contributed by atoms with van der Waals surface area (Å²) in [6.07, 6.45) is 1.93. The smallest absolute Gasteiger partial charge is 0.322 e. The molecular weight excluding hydrogens is 306 g/mol. The third kappa shape index (κ3) is 3.84. The first kappa shape index (κ1) is 16.0. The first-order chi connectivity index (χ1) is 10.9. The first-order valence-electron chi connectivity index (χ1n) is 6.35. The molecule has 9 nitrogen and oxygen atoms in total. The molecule has 0 aliphatic heterocycles. The van der Waals surface area contributed by atoms with E-state index in [1.165, 1.54) is 32.0 Å². The van der Waals surface area contributed by atoms with Crippen LogP contribution in [0.5, 0.6) is 17.5 Å². The summed E-state index contributed by atoms with van der Waals surface area (Å²) in [6, 6.07) is 4.22. The van der Waals surface area contributed by atoms with Crippen molar-refractivity contribution < 1.29 is 24.0 Å². The van der Waals surface area contributed by atoms with Crippen molar-refractivity contribution in [1.29, 1.82) is 0 Å². The van der Waals surface area contributed by atoms with E-state index in [0.29, 0.717) is 0 Å². The summed E-state index contributed by atoms with van der Waals surface area (Å²) in [6.45, 7) is 2.52. The lowest BCUT2D eigenvalue weighted by molar-refractivity contribution is -0.385. The molecule has 1 heterocycles. The standard InChI is InChI=1S/C14H11N3O6/c1-8(18)11-4-3-5-12(22-9(2)19)13(11)23-14-15-6-10(7-16-14)17(20)21/h3-7H,1-2H3. The molecule has 0 atom stereocenters. The summed E-state index contributed by atoms with van der Waals surface area (Å²) in [7, 11) is 0. The molecule has 0 saturated heterocycles. The van der Waals surface area contributed by atoms with Gasteiger partial charge < -0.3 is 9.47 Å². The Bertz CT molecular complexity index is 773. The van der Waals surface area contributed by atoms with E-state index in [0.717, 1.165) is 12.4 Å². The zero-order valence-electron chi connectivity index (χ0n) is 12.2. The van der Waals surface area contributed by atoms with Gasteiger partial charge in [0.05, 0.1) is 10.5 Å². The van der Waals surface area contributed by atoms with E-state index in [1.54, 1.807) is 0 Å². The second kappa shape index (κ2) is 6.60. The van der Waals surface area contributed by atoms with Gasteiger partial charge in [-0.1, -0.05) is 6.07 Å². The minimum atomic E-state index is -0.655. The lowest BCUT2D eigenvalue weighted by atomic mass is 10.1. The van der Waals surface area contributed by atoms with Gasteiger partial charge in [-0.25, -0.2) is 0 Å². The average molecular weight is 317 g/mol. The molecule has 0 saturated carbocycles. The van der Waals surface area contributed by atoms with E-state index in [-0.39, 0.29) is 34.5 Å². The van der Waals surface area contributed by atoms with Crippen LogP contribution in [0.4, 0.5) is 5.69 Å². The number of carbonyl (C=O) groups is 2. The summed E-state index contributed by atoms with van der Waals surface area (Å²) in [4.78, 5) is 40.1. The number of ketones is 1. The third-order valence-corrected chi connectivity index (χ3v) is 2.63. The quantitative estimate of drug-likeness (QED) is 0.271. The van der Waals surface area contributed by atoms with Crippen LogP contribution in [-0.2, 0) is 4.79 Å². The Morgan fingerprint density at radius 2 is 1.83 bits per heavy atom. The Hall–Kier alpha value is -3.36. The lowest BCUT2D eigenvalue weighted by Crippen LogP contribution is -2.06. The number of hydrogen-bond acceptors (Lipinski definition) is 8. The molecule has 2 rings (SSSR count). The van der Waals surface area contributed by atoms with Crippen LogP contribution < -0.4 is 9.47 Å². The highest BCUT2D eigenvalue weighted by Crippen LogP contribution is 2.34. The van der Waals surface area contributed by atoms with Gasteiger partial charge in [0, 0.05) is 6.92 Å². The van der Waals surface area contributed by atoms with Crippen molar-refractivity contribution in [2.45, 2.75) is 13.8 Å². The molecule has 0 unspecified atom stereocenters. The monoisotopic (exact) mass is 317 g/mol. The van der Waals surface area contributed by atoms with Crippen molar-refractivity contribution in [1.82, 2.24) is 9.97 Å². The summed E-state index contributed by atoms with van der Waals surface area (Å²) < 4.78 is 10.4. The molecule has 0 bridgehead atoms. The third-order valence-electron chi connectivity index (χ3n) is 2.63. The Morgan fingerprint density at radius 3 is 2.35 bits per heavy atom. The number of carbonyl (C=O) groups excluding carboxylic acids is 2. The van der Waals surface area contributed by atoms with Gasteiger partial charge in [0.25, 0.3) is 0 Å². The number of hydrogen-bond donors (Lipinski definition) is 0. The van der Waals surface area contributed by atoms with Crippen molar-refractivity contribution in [3.8, 4) is 17.5 Å². The predicted octanol–water partition coefficient (Wildman–Crippen LogP) is 2.31. The molecule has 0 N–H and O–H groups in total. The maximum Gasteiger partial charge on any atom is 0.322 e. The topological polar surface area (TPSA) is 122 Å². The van der Waals surface area contributed by atoms with Gasteiger partial charge in [-0.2, -0.15) is 9.97 Å². The fraction of sp³-hybridized carbons (Fsp3) is 0.143.